The molecule has 0 aromatic carbocycles. The van der Waals surface area contributed by atoms with Crippen LogP contribution in [0.15, 0.2) is 12.2 Å². The van der Waals surface area contributed by atoms with Gasteiger partial charge < -0.3 is 5.11 Å². The summed E-state index contributed by atoms with van der Waals surface area (Å²) in [5.41, 5.74) is 0. The van der Waals surface area contributed by atoms with Crippen LogP contribution in [0.2, 0.25) is 0 Å². The summed E-state index contributed by atoms with van der Waals surface area (Å²) >= 11 is 0. The summed E-state index contributed by atoms with van der Waals surface area (Å²) < 4.78 is 0. The zero-order chi connectivity index (χ0) is 5.98. The molecule has 1 aliphatic carbocycles. The van der Waals surface area contributed by atoms with Gasteiger partial charge in [-0.15, -0.1) is 0 Å². The molecule has 0 fully saturated rings. The first kappa shape index (κ1) is 5.83. The molecule has 46 valence electrons. The van der Waals surface area contributed by atoms with E-state index in [1.54, 1.807) is 0 Å². The highest BCUT2D eigenvalue weighted by atomic mass is 16.3. The van der Waals surface area contributed by atoms with E-state index in [0.717, 1.165) is 12.8 Å². The summed E-state index contributed by atoms with van der Waals surface area (Å²) in [5, 5.41) is 9.13. The van der Waals surface area contributed by atoms with Gasteiger partial charge in [0.05, 0.1) is 6.10 Å². The van der Waals surface area contributed by atoms with Crippen LogP contribution in [0.3, 0.4) is 0 Å². The van der Waals surface area contributed by atoms with Crippen LogP contribution in [0.5, 0.6) is 0 Å². The average molecular weight is 112 g/mol. The second kappa shape index (κ2) is 2.31. The molecular weight excluding hydrogens is 100 g/mol. The summed E-state index contributed by atoms with van der Waals surface area (Å²) in [5.74, 6) is 0.378. The minimum Gasteiger partial charge on any atom is -0.393 e. The second-order valence-electron chi connectivity index (χ2n) is 2.43. The third-order valence-corrected chi connectivity index (χ3v) is 1.68. The fraction of sp³-hybridized carbons (Fsp3) is 0.714. The van der Waals surface area contributed by atoms with Gasteiger partial charge in [0.15, 0.2) is 0 Å². The third kappa shape index (κ3) is 1.10. The van der Waals surface area contributed by atoms with Gasteiger partial charge in [-0.2, -0.15) is 0 Å². The van der Waals surface area contributed by atoms with E-state index in [0.29, 0.717) is 5.92 Å². The Labute approximate surface area is 50.0 Å². The quantitative estimate of drug-likeness (QED) is 0.469. The molecule has 0 saturated carbocycles. The molecule has 1 aliphatic rings. The Hall–Kier alpha value is -0.300. The van der Waals surface area contributed by atoms with Crippen LogP contribution >= 0.6 is 0 Å². The van der Waals surface area contributed by atoms with E-state index in [9.17, 15) is 0 Å². The Morgan fingerprint density at radius 3 is 2.75 bits per heavy atom. The van der Waals surface area contributed by atoms with Gasteiger partial charge in [0, 0.05) is 0 Å². The lowest BCUT2D eigenvalue weighted by Gasteiger charge is -2.17. The van der Waals surface area contributed by atoms with E-state index in [-0.39, 0.29) is 6.10 Å². The van der Waals surface area contributed by atoms with Crippen molar-refractivity contribution in [3.8, 4) is 0 Å². The van der Waals surface area contributed by atoms with Gasteiger partial charge in [0.2, 0.25) is 0 Å². The van der Waals surface area contributed by atoms with Crippen molar-refractivity contribution in [1.29, 1.82) is 0 Å². The lowest BCUT2D eigenvalue weighted by molar-refractivity contribution is 0.124. The maximum atomic E-state index is 9.13. The van der Waals surface area contributed by atoms with Crippen molar-refractivity contribution in [3.63, 3.8) is 0 Å². The average Bonchev–Trinajstić information content (AvgIpc) is 1.77. The van der Waals surface area contributed by atoms with Gasteiger partial charge in [0.1, 0.15) is 0 Å². The highest BCUT2D eigenvalue weighted by molar-refractivity contribution is 4.94. The minimum absolute atomic E-state index is 0.0833. The van der Waals surface area contributed by atoms with Crippen molar-refractivity contribution in [2.45, 2.75) is 25.9 Å². The highest BCUT2D eigenvalue weighted by Crippen LogP contribution is 2.16. The molecule has 0 unspecified atom stereocenters. The van der Waals surface area contributed by atoms with E-state index in [4.69, 9.17) is 5.11 Å². The van der Waals surface area contributed by atoms with Gasteiger partial charge in [-0.3, -0.25) is 0 Å². The SMILES string of the molecule is C[C@@H]1C=CCC[C@H]1O. The first-order chi connectivity index (χ1) is 3.80. The Morgan fingerprint density at radius 2 is 2.38 bits per heavy atom. The number of allylic oxidation sites excluding steroid dienone is 1. The summed E-state index contributed by atoms with van der Waals surface area (Å²) in [6.45, 7) is 2.04. The van der Waals surface area contributed by atoms with E-state index in [1.807, 2.05) is 6.92 Å². The number of hydrogen-bond acceptors (Lipinski definition) is 1. The highest BCUT2D eigenvalue weighted by Gasteiger charge is 2.12. The number of rotatable bonds is 0. The molecule has 0 aliphatic heterocycles. The smallest absolute Gasteiger partial charge is 0.0603 e. The summed E-state index contributed by atoms with van der Waals surface area (Å²) in [7, 11) is 0. The molecule has 0 aromatic rings. The van der Waals surface area contributed by atoms with Crippen molar-refractivity contribution >= 4 is 0 Å². The molecule has 0 spiro atoms. The third-order valence-electron chi connectivity index (χ3n) is 1.68. The lowest BCUT2D eigenvalue weighted by Crippen LogP contribution is -2.17. The lowest BCUT2D eigenvalue weighted by atomic mass is 9.95. The molecule has 2 atom stereocenters. The number of hydrogen-bond donors (Lipinski definition) is 1. The van der Waals surface area contributed by atoms with E-state index in [1.165, 1.54) is 0 Å². The van der Waals surface area contributed by atoms with Crippen LogP contribution in [-0.2, 0) is 0 Å². The molecule has 1 rings (SSSR count). The van der Waals surface area contributed by atoms with Crippen LogP contribution in [0, 0.1) is 5.92 Å². The van der Waals surface area contributed by atoms with Crippen LogP contribution in [-0.4, -0.2) is 11.2 Å². The number of aliphatic hydroxyl groups excluding tert-OH is 1. The Morgan fingerprint density at radius 1 is 1.62 bits per heavy atom. The Balaban J connectivity index is 2.47. The maximum absolute atomic E-state index is 9.13. The topological polar surface area (TPSA) is 20.2 Å². The van der Waals surface area contributed by atoms with Crippen LogP contribution in [0.25, 0.3) is 0 Å². The number of aliphatic hydroxyl groups is 1. The fourth-order valence-corrected chi connectivity index (χ4v) is 0.969. The molecule has 0 radical (unpaired) electrons. The molecular formula is C7H12O. The molecule has 0 bridgehead atoms. The van der Waals surface area contributed by atoms with Gasteiger partial charge in [-0.05, 0) is 18.8 Å². The van der Waals surface area contributed by atoms with E-state index < -0.39 is 0 Å². The predicted octanol–water partition coefficient (Wildman–Crippen LogP) is 1.33. The Kier molecular flexibility index (Phi) is 1.69. The molecule has 8 heavy (non-hydrogen) atoms. The van der Waals surface area contributed by atoms with Gasteiger partial charge in [0.25, 0.3) is 0 Å². The summed E-state index contributed by atoms with van der Waals surface area (Å²) in [4.78, 5) is 0. The van der Waals surface area contributed by atoms with Gasteiger partial charge in [-0.25, -0.2) is 0 Å². The first-order valence-corrected chi connectivity index (χ1v) is 3.15. The zero-order valence-corrected chi connectivity index (χ0v) is 5.17. The maximum Gasteiger partial charge on any atom is 0.0603 e. The standard InChI is InChI=1S/C7H12O/c1-6-4-2-3-5-7(6)8/h2,4,6-8H,3,5H2,1H3/t6-,7-/m1/s1. The summed E-state index contributed by atoms with van der Waals surface area (Å²) in [6, 6.07) is 0. The normalized spacial score (nSPS) is 37.8. The zero-order valence-electron chi connectivity index (χ0n) is 5.17. The molecule has 0 heterocycles. The predicted molar refractivity (Wildman–Crippen MR) is 33.5 cm³/mol. The monoisotopic (exact) mass is 112 g/mol. The molecule has 1 N–H and O–H groups in total. The molecule has 1 heteroatoms. The van der Waals surface area contributed by atoms with Crippen LogP contribution in [0.1, 0.15) is 19.8 Å². The first-order valence-electron chi connectivity index (χ1n) is 3.15. The van der Waals surface area contributed by atoms with Gasteiger partial charge >= 0.3 is 0 Å². The molecule has 0 saturated heterocycles. The fourth-order valence-electron chi connectivity index (χ4n) is 0.969. The van der Waals surface area contributed by atoms with Crippen LogP contribution < -0.4 is 0 Å². The van der Waals surface area contributed by atoms with Crippen molar-refractivity contribution in [1.82, 2.24) is 0 Å². The minimum atomic E-state index is -0.0833. The van der Waals surface area contributed by atoms with Crippen molar-refractivity contribution < 1.29 is 5.11 Å². The second-order valence-corrected chi connectivity index (χ2v) is 2.43. The Bertz CT molecular complexity index is 96.6. The largest absolute Gasteiger partial charge is 0.393 e. The van der Waals surface area contributed by atoms with Crippen molar-refractivity contribution in [3.05, 3.63) is 12.2 Å². The van der Waals surface area contributed by atoms with Crippen molar-refractivity contribution in [2.24, 2.45) is 5.92 Å². The van der Waals surface area contributed by atoms with E-state index in [2.05, 4.69) is 12.2 Å². The van der Waals surface area contributed by atoms with Gasteiger partial charge in [-0.1, -0.05) is 19.1 Å². The van der Waals surface area contributed by atoms with Crippen molar-refractivity contribution in [2.75, 3.05) is 0 Å². The molecule has 1 nitrogen and oxygen atoms in total. The summed E-state index contributed by atoms with van der Waals surface area (Å²) in [6.07, 6.45) is 6.12. The van der Waals surface area contributed by atoms with E-state index >= 15 is 0 Å². The van der Waals surface area contributed by atoms with Crippen LogP contribution in [0.4, 0.5) is 0 Å². The molecule has 0 amide bonds. The molecule has 0 aromatic heterocycles.